The summed E-state index contributed by atoms with van der Waals surface area (Å²) < 4.78 is 50.0. The lowest BCUT2D eigenvalue weighted by Gasteiger charge is -2.11. The van der Waals surface area contributed by atoms with E-state index < -0.39 is 24.0 Å². The molecular weight excluding hydrogens is 277 g/mol. The van der Waals surface area contributed by atoms with Crippen molar-refractivity contribution < 1.29 is 32.2 Å². The Morgan fingerprint density at radius 3 is 2.45 bits per heavy atom. The van der Waals surface area contributed by atoms with Crippen LogP contribution in [0.25, 0.3) is 0 Å². The van der Waals surface area contributed by atoms with E-state index >= 15 is 0 Å². The lowest BCUT2D eigenvalue weighted by atomic mass is 9.97. The van der Waals surface area contributed by atoms with Crippen LogP contribution in [-0.2, 0) is 19.9 Å². The molecule has 0 aromatic heterocycles. The molecule has 0 aliphatic carbocycles. The molecule has 7 heteroatoms. The Morgan fingerprint density at radius 2 is 1.95 bits per heavy atom. The van der Waals surface area contributed by atoms with Crippen LogP contribution in [0.3, 0.4) is 0 Å². The standard InChI is InChI=1S/C13H13F3O4/c1-3-18-11(17)10-12(2,20-10)8-4-6-9(7-5-8)19-13(14,15)16/h4-7,10H,3H2,1-2H3. The third-order valence-corrected chi connectivity index (χ3v) is 2.97. The van der Waals surface area contributed by atoms with Gasteiger partial charge in [0.2, 0.25) is 0 Å². The van der Waals surface area contributed by atoms with Crippen LogP contribution in [0, 0.1) is 0 Å². The van der Waals surface area contributed by atoms with E-state index in [0.717, 1.165) is 0 Å². The van der Waals surface area contributed by atoms with Crippen molar-refractivity contribution in [3.63, 3.8) is 0 Å². The average molecular weight is 290 g/mol. The van der Waals surface area contributed by atoms with Crippen molar-refractivity contribution >= 4 is 5.97 Å². The van der Waals surface area contributed by atoms with Crippen LogP contribution in [0.15, 0.2) is 24.3 Å². The first-order valence-corrected chi connectivity index (χ1v) is 5.97. The van der Waals surface area contributed by atoms with Gasteiger partial charge >= 0.3 is 12.3 Å². The number of epoxide rings is 1. The number of carbonyl (C=O) groups excluding carboxylic acids is 1. The Balaban J connectivity index is 2.06. The minimum absolute atomic E-state index is 0.243. The topological polar surface area (TPSA) is 48.1 Å². The van der Waals surface area contributed by atoms with E-state index in [1.54, 1.807) is 13.8 Å². The Morgan fingerprint density at radius 1 is 1.35 bits per heavy atom. The van der Waals surface area contributed by atoms with Crippen LogP contribution in [0.4, 0.5) is 13.2 Å². The second kappa shape index (κ2) is 4.97. The van der Waals surface area contributed by atoms with Gasteiger partial charge in [0.05, 0.1) is 6.61 Å². The Bertz CT molecular complexity index is 497. The fourth-order valence-electron chi connectivity index (χ4n) is 1.91. The zero-order chi connectivity index (χ0) is 15.0. The molecular formula is C13H13F3O4. The zero-order valence-corrected chi connectivity index (χ0v) is 10.9. The highest BCUT2D eigenvalue weighted by Gasteiger charge is 2.59. The number of ether oxygens (including phenoxy) is 3. The molecule has 1 aliphatic heterocycles. The quantitative estimate of drug-likeness (QED) is 0.632. The van der Waals surface area contributed by atoms with Crippen molar-refractivity contribution in [2.75, 3.05) is 6.61 Å². The van der Waals surface area contributed by atoms with Crippen molar-refractivity contribution in [3.05, 3.63) is 29.8 Å². The van der Waals surface area contributed by atoms with Crippen LogP contribution in [0.1, 0.15) is 19.4 Å². The summed E-state index contributed by atoms with van der Waals surface area (Å²) in [6.45, 7) is 3.60. The maximum atomic E-state index is 12.0. The van der Waals surface area contributed by atoms with Crippen LogP contribution in [0.5, 0.6) is 5.75 Å². The third-order valence-electron chi connectivity index (χ3n) is 2.97. The lowest BCUT2D eigenvalue weighted by Crippen LogP contribution is -2.19. The molecule has 1 aromatic carbocycles. The van der Waals surface area contributed by atoms with E-state index in [4.69, 9.17) is 9.47 Å². The molecule has 2 atom stereocenters. The van der Waals surface area contributed by atoms with Gasteiger partial charge < -0.3 is 14.2 Å². The fraction of sp³-hybridized carbons (Fsp3) is 0.462. The number of halogens is 3. The largest absolute Gasteiger partial charge is 0.573 e. The maximum Gasteiger partial charge on any atom is 0.573 e. The van der Waals surface area contributed by atoms with Crippen molar-refractivity contribution in [2.24, 2.45) is 0 Å². The first-order chi connectivity index (χ1) is 9.26. The van der Waals surface area contributed by atoms with Gasteiger partial charge in [0.1, 0.15) is 11.4 Å². The van der Waals surface area contributed by atoms with Crippen LogP contribution in [0.2, 0.25) is 0 Å². The van der Waals surface area contributed by atoms with Gasteiger partial charge in [0, 0.05) is 0 Å². The van der Waals surface area contributed by atoms with Gasteiger partial charge in [-0.2, -0.15) is 0 Å². The molecule has 1 saturated heterocycles. The predicted octanol–water partition coefficient (Wildman–Crippen LogP) is 2.76. The molecule has 110 valence electrons. The maximum absolute atomic E-state index is 12.0. The van der Waals surface area contributed by atoms with E-state index in [-0.39, 0.29) is 12.4 Å². The van der Waals surface area contributed by atoms with E-state index in [1.807, 2.05) is 0 Å². The molecule has 0 amide bonds. The molecule has 0 N–H and O–H groups in total. The number of carbonyl (C=O) groups is 1. The number of rotatable bonds is 4. The molecule has 0 radical (unpaired) electrons. The fourth-order valence-corrected chi connectivity index (χ4v) is 1.91. The van der Waals surface area contributed by atoms with Crippen molar-refractivity contribution in [1.82, 2.24) is 0 Å². The number of benzene rings is 1. The first-order valence-electron chi connectivity index (χ1n) is 5.97. The summed E-state index contributed by atoms with van der Waals surface area (Å²) in [7, 11) is 0. The molecule has 0 spiro atoms. The molecule has 2 unspecified atom stereocenters. The minimum Gasteiger partial charge on any atom is -0.464 e. The van der Waals surface area contributed by atoms with Crippen LogP contribution < -0.4 is 4.74 Å². The normalized spacial score (nSPS) is 25.1. The van der Waals surface area contributed by atoms with Gasteiger partial charge in [-0.25, -0.2) is 4.79 Å². The summed E-state index contributed by atoms with van der Waals surface area (Å²) in [6, 6.07) is 5.22. The van der Waals surface area contributed by atoms with Crippen molar-refractivity contribution in [2.45, 2.75) is 31.9 Å². The van der Waals surface area contributed by atoms with E-state index in [1.165, 1.54) is 24.3 Å². The molecule has 1 heterocycles. The summed E-state index contributed by atoms with van der Waals surface area (Å²) in [5, 5.41) is 0. The molecule has 2 rings (SSSR count). The monoisotopic (exact) mass is 290 g/mol. The van der Waals surface area contributed by atoms with Gasteiger partial charge in [-0.05, 0) is 31.5 Å². The van der Waals surface area contributed by atoms with E-state index in [9.17, 15) is 18.0 Å². The number of esters is 1. The summed E-state index contributed by atoms with van der Waals surface area (Å²) in [5.74, 6) is -0.802. The summed E-state index contributed by atoms with van der Waals surface area (Å²) in [4.78, 5) is 11.5. The lowest BCUT2D eigenvalue weighted by molar-refractivity contribution is -0.274. The number of alkyl halides is 3. The molecule has 0 saturated carbocycles. The van der Waals surface area contributed by atoms with Gasteiger partial charge in [-0.1, -0.05) is 12.1 Å². The summed E-state index contributed by atoms with van der Waals surface area (Å²) >= 11 is 0. The van der Waals surface area contributed by atoms with E-state index in [0.29, 0.717) is 5.56 Å². The second-order valence-corrected chi connectivity index (χ2v) is 4.43. The second-order valence-electron chi connectivity index (χ2n) is 4.43. The van der Waals surface area contributed by atoms with Gasteiger partial charge in [0.25, 0.3) is 0 Å². The molecule has 1 aliphatic rings. The average Bonchev–Trinajstić information content (AvgIpc) is 3.02. The zero-order valence-electron chi connectivity index (χ0n) is 10.9. The van der Waals surface area contributed by atoms with Crippen molar-refractivity contribution in [1.29, 1.82) is 0 Å². The van der Waals surface area contributed by atoms with Gasteiger partial charge in [0.15, 0.2) is 6.10 Å². The highest BCUT2D eigenvalue weighted by atomic mass is 19.4. The Labute approximate surface area is 113 Å². The molecule has 0 bridgehead atoms. The van der Waals surface area contributed by atoms with Gasteiger partial charge in [-0.15, -0.1) is 13.2 Å². The Kier molecular flexibility index (Phi) is 3.64. The SMILES string of the molecule is CCOC(=O)C1OC1(C)c1ccc(OC(F)(F)F)cc1. The summed E-state index contributed by atoms with van der Waals surface area (Å²) in [6.07, 6.45) is -5.45. The number of hydrogen-bond donors (Lipinski definition) is 0. The smallest absolute Gasteiger partial charge is 0.464 e. The van der Waals surface area contributed by atoms with Crippen LogP contribution in [-0.4, -0.2) is 25.0 Å². The molecule has 20 heavy (non-hydrogen) atoms. The van der Waals surface area contributed by atoms with Crippen molar-refractivity contribution in [3.8, 4) is 5.75 Å². The van der Waals surface area contributed by atoms with Gasteiger partial charge in [-0.3, -0.25) is 0 Å². The minimum atomic E-state index is -4.73. The summed E-state index contributed by atoms with van der Waals surface area (Å²) in [5.41, 5.74) is -0.270. The third kappa shape index (κ3) is 3.04. The highest BCUT2D eigenvalue weighted by molar-refractivity contribution is 5.79. The first kappa shape index (κ1) is 14.6. The number of hydrogen-bond acceptors (Lipinski definition) is 4. The molecule has 1 aromatic rings. The molecule has 1 fully saturated rings. The molecule has 4 nitrogen and oxygen atoms in total. The Hall–Kier alpha value is -1.76. The van der Waals surface area contributed by atoms with Crippen LogP contribution >= 0.6 is 0 Å². The highest BCUT2D eigenvalue weighted by Crippen LogP contribution is 2.46. The predicted molar refractivity (Wildman–Crippen MR) is 62.0 cm³/mol. The van der Waals surface area contributed by atoms with E-state index in [2.05, 4.69) is 4.74 Å².